The zero-order valence-electron chi connectivity index (χ0n) is 10.8. The molecule has 0 aromatic heterocycles. The molecule has 1 unspecified atom stereocenters. The van der Waals surface area contributed by atoms with Crippen molar-refractivity contribution in [1.82, 2.24) is 5.32 Å². The Morgan fingerprint density at radius 1 is 1.27 bits per heavy atom. The van der Waals surface area contributed by atoms with Crippen LogP contribution in [0.2, 0.25) is 18.1 Å². The van der Waals surface area contributed by atoms with Gasteiger partial charge in [-0.05, 0) is 42.8 Å². The Balaban J connectivity index is 1.92. The van der Waals surface area contributed by atoms with Gasteiger partial charge in [0, 0.05) is 6.54 Å². The van der Waals surface area contributed by atoms with Crippen molar-refractivity contribution in [2.75, 3.05) is 6.54 Å². The molecule has 1 saturated carbocycles. The van der Waals surface area contributed by atoms with Crippen LogP contribution in [0, 0.1) is 5.41 Å². The molecule has 3 heteroatoms. The molecular formula is C12H25NOSi. The second kappa shape index (κ2) is 3.31. The van der Waals surface area contributed by atoms with Gasteiger partial charge in [-0.1, -0.05) is 20.8 Å². The summed E-state index contributed by atoms with van der Waals surface area (Å²) in [6.45, 7) is 12.8. The van der Waals surface area contributed by atoms with Gasteiger partial charge in [-0.15, -0.1) is 0 Å². The highest BCUT2D eigenvalue weighted by Crippen LogP contribution is 2.52. The summed E-state index contributed by atoms with van der Waals surface area (Å²) in [6, 6.07) is 0. The van der Waals surface area contributed by atoms with Crippen molar-refractivity contribution in [1.29, 1.82) is 0 Å². The minimum atomic E-state index is -1.57. The molecule has 1 heterocycles. The first kappa shape index (κ1) is 11.6. The molecule has 2 aliphatic rings. The smallest absolute Gasteiger partial charge is 0.194 e. The van der Waals surface area contributed by atoms with Crippen LogP contribution in [0.5, 0.6) is 0 Å². The lowest BCUT2D eigenvalue weighted by Gasteiger charge is -2.38. The van der Waals surface area contributed by atoms with E-state index in [9.17, 15) is 0 Å². The number of rotatable bonds is 2. The van der Waals surface area contributed by atoms with E-state index in [4.69, 9.17) is 4.43 Å². The summed E-state index contributed by atoms with van der Waals surface area (Å²) in [6.07, 6.45) is 4.42. The van der Waals surface area contributed by atoms with Gasteiger partial charge in [0.25, 0.3) is 0 Å². The van der Waals surface area contributed by atoms with E-state index in [1.807, 2.05) is 0 Å². The van der Waals surface area contributed by atoms with Crippen LogP contribution in [0.4, 0.5) is 0 Å². The Hall–Kier alpha value is 0.137. The molecule has 0 aromatic carbocycles. The van der Waals surface area contributed by atoms with Crippen molar-refractivity contribution in [3.05, 3.63) is 0 Å². The third kappa shape index (κ3) is 2.29. The number of nitrogens with one attached hydrogen (secondary N) is 1. The fourth-order valence-corrected chi connectivity index (χ4v) is 3.27. The Labute approximate surface area is 94.9 Å². The maximum Gasteiger partial charge on any atom is 0.194 e. The summed E-state index contributed by atoms with van der Waals surface area (Å²) in [7, 11) is -1.57. The van der Waals surface area contributed by atoms with Crippen molar-refractivity contribution < 1.29 is 4.43 Å². The Morgan fingerprint density at radius 2 is 1.87 bits per heavy atom. The minimum Gasteiger partial charge on any atom is -0.402 e. The van der Waals surface area contributed by atoms with Crippen LogP contribution in [0.15, 0.2) is 0 Å². The van der Waals surface area contributed by atoms with E-state index in [1.165, 1.54) is 25.8 Å². The van der Waals surface area contributed by atoms with Gasteiger partial charge in [-0.3, -0.25) is 5.32 Å². The van der Waals surface area contributed by atoms with Crippen LogP contribution in [-0.4, -0.2) is 21.1 Å². The summed E-state index contributed by atoms with van der Waals surface area (Å²) in [5.41, 5.74) is 0.646. The van der Waals surface area contributed by atoms with E-state index in [0.717, 1.165) is 0 Å². The van der Waals surface area contributed by atoms with Gasteiger partial charge >= 0.3 is 0 Å². The first-order chi connectivity index (χ1) is 6.74. The highest BCUT2D eigenvalue weighted by Gasteiger charge is 2.50. The third-order valence-corrected chi connectivity index (χ3v) is 9.01. The van der Waals surface area contributed by atoms with E-state index in [0.29, 0.717) is 16.7 Å². The summed E-state index contributed by atoms with van der Waals surface area (Å²) < 4.78 is 6.37. The molecule has 2 fully saturated rings. The van der Waals surface area contributed by atoms with Gasteiger partial charge in [0.1, 0.15) is 0 Å². The SMILES string of the molecule is CC(C)(C)[Si](C)(C)OC1CC2(CC2)CN1. The van der Waals surface area contributed by atoms with E-state index >= 15 is 0 Å². The second-order valence-electron chi connectivity index (χ2n) is 6.95. The molecule has 2 rings (SSSR count). The maximum atomic E-state index is 6.37. The lowest BCUT2D eigenvalue weighted by atomic mass is 10.1. The molecule has 15 heavy (non-hydrogen) atoms. The molecule has 1 aliphatic carbocycles. The molecule has 0 radical (unpaired) electrons. The summed E-state index contributed by atoms with van der Waals surface area (Å²) in [5, 5.41) is 3.88. The second-order valence-corrected chi connectivity index (χ2v) is 11.7. The van der Waals surface area contributed by atoms with E-state index in [2.05, 4.69) is 39.2 Å². The van der Waals surface area contributed by atoms with Gasteiger partial charge in [0.05, 0.1) is 6.23 Å². The molecule has 1 aliphatic heterocycles. The van der Waals surface area contributed by atoms with Crippen LogP contribution in [0.25, 0.3) is 0 Å². The lowest BCUT2D eigenvalue weighted by molar-refractivity contribution is 0.162. The largest absolute Gasteiger partial charge is 0.402 e. The normalized spacial score (nSPS) is 29.8. The summed E-state index contributed by atoms with van der Waals surface area (Å²) >= 11 is 0. The molecule has 88 valence electrons. The third-order valence-electron chi connectivity index (χ3n) is 4.52. The first-order valence-corrected chi connectivity index (χ1v) is 9.06. The molecule has 0 bridgehead atoms. The van der Waals surface area contributed by atoms with E-state index < -0.39 is 8.32 Å². The van der Waals surface area contributed by atoms with Crippen molar-refractivity contribution >= 4 is 8.32 Å². The Kier molecular flexibility index (Phi) is 2.57. The molecule has 0 aromatic rings. The fraction of sp³-hybridized carbons (Fsp3) is 1.00. The van der Waals surface area contributed by atoms with Gasteiger partial charge in [0.2, 0.25) is 0 Å². The zero-order chi connectivity index (χ0) is 11.3. The van der Waals surface area contributed by atoms with E-state index in [1.54, 1.807) is 0 Å². The zero-order valence-corrected chi connectivity index (χ0v) is 11.8. The van der Waals surface area contributed by atoms with Crippen molar-refractivity contribution in [2.24, 2.45) is 5.41 Å². The lowest BCUT2D eigenvalue weighted by Crippen LogP contribution is -2.46. The first-order valence-electron chi connectivity index (χ1n) is 6.15. The van der Waals surface area contributed by atoms with E-state index in [-0.39, 0.29) is 0 Å². The molecule has 2 nitrogen and oxygen atoms in total. The monoisotopic (exact) mass is 227 g/mol. The maximum absolute atomic E-state index is 6.37. The Bertz CT molecular complexity index is 253. The quantitative estimate of drug-likeness (QED) is 0.732. The van der Waals surface area contributed by atoms with Crippen LogP contribution < -0.4 is 5.32 Å². The Morgan fingerprint density at radius 3 is 2.27 bits per heavy atom. The summed E-state index contributed by atoms with van der Waals surface area (Å²) in [5.74, 6) is 0. The standard InChI is InChI=1S/C12H25NOSi/c1-11(2,3)15(4,5)14-10-8-12(6-7-12)9-13-10/h10,13H,6-9H2,1-5H3. The predicted molar refractivity (Wildman–Crippen MR) is 66.4 cm³/mol. The number of hydrogen-bond acceptors (Lipinski definition) is 2. The molecule has 1 atom stereocenters. The van der Waals surface area contributed by atoms with Gasteiger partial charge in [0.15, 0.2) is 8.32 Å². The van der Waals surface area contributed by atoms with Crippen molar-refractivity contribution in [3.63, 3.8) is 0 Å². The van der Waals surface area contributed by atoms with Gasteiger partial charge < -0.3 is 4.43 Å². The molecule has 0 amide bonds. The molecule has 1 saturated heterocycles. The predicted octanol–water partition coefficient (Wildman–Crippen LogP) is 3.11. The van der Waals surface area contributed by atoms with Crippen LogP contribution in [-0.2, 0) is 4.43 Å². The topological polar surface area (TPSA) is 21.3 Å². The van der Waals surface area contributed by atoms with Crippen molar-refractivity contribution in [3.8, 4) is 0 Å². The van der Waals surface area contributed by atoms with Crippen LogP contribution in [0.1, 0.15) is 40.0 Å². The van der Waals surface area contributed by atoms with Crippen molar-refractivity contribution in [2.45, 2.75) is 64.4 Å². The molecule has 1 N–H and O–H groups in total. The van der Waals surface area contributed by atoms with Gasteiger partial charge in [-0.2, -0.15) is 0 Å². The average molecular weight is 227 g/mol. The fourth-order valence-electron chi connectivity index (χ4n) is 2.04. The highest BCUT2D eigenvalue weighted by molar-refractivity contribution is 6.74. The van der Waals surface area contributed by atoms with Crippen LogP contribution >= 0.6 is 0 Å². The molecule has 1 spiro atoms. The van der Waals surface area contributed by atoms with Gasteiger partial charge in [-0.25, -0.2) is 0 Å². The number of hydrogen-bond donors (Lipinski definition) is 1. The highest BCUT2D eigenvalue weighted by atomic mass is 28.4. The average Bonchev–Trinajstić information content (AvgIpc) is 2.66. The minimum absolute atomic E-state index is 0.327. The van der Waals surface area contributed by atoms with Crippen LogP contribution in [0.3, 0.4) is 0 Å². The molecular weight excluding hydrogens is 202 g/mol. The summed E-state index contributed by atoms with van der Waals surface area (Å²) in [4.78, 5) is 0.